The van der Waals surface area contributed by atoms with Gasteiger partial charge in [0.1, 0.15) is 0 Å². The molecular weight excluding hydrogens is 707 g/mol. The molecule has 268 valence electrons. The molecule has 1 nitrogen and oxygen atoms in total. The molecule has 0 aliphatic heterocycles. The van der Waals surface area contributed by atoms with Crippen molar-refractivity contribution in [3.8, 4) is 33.4 Å². The smallest absolute Gasteiger partial charge is 0.0713 e. The third-order valence-corrected chi connectivity index (χ3v) is 13.0. The third-order valence-electron chi connectivity index (χ3n) is 11.8. The van der Waals surface area contributed by atoms with Crippen LogP contribution in [0, 0.1) is 0 Å². The molecule has 0 radical (unpaired) electrons. The van der Waals surface area contributed by atoms with Crippen LogP contribution in [0.1, 0.15) is 22.3 Å². The predicted octanol–water partition coefficient (Wildman–Crippen LogP) is 15.2. The number of fused-ring (bicyclic) bond motifs is 6. The van der Waals surface area contributed by atoms with Gasteiger partial charge in [-0.3, -0.25) is 0 Å². The molecule has 2 heteroatoms. The Morgan fingerprint density at radius 2 is 0.877 bits per heavy atom. The number of nitrogens with zero attached hydrogens (tertiary/aromatic N) is 1. The average molecular weight is 744 g/mol. The van der Waals surface area contributed by atoms with Gasteiger partial charge in [0.15, 0.2) is 0 Å². The van der Waals surface area contributed by atoms with E-state index in [1.54, 1.807) is 0 Å². The van der Waals surface area contributed by atoms with Crippen molar-refractivity contribution in [3.63, 3.8) is 0 Å². The Bertz CT molecular complexity index is 3020. The fourth-order valence-electron chi connectivity index (χ4n) is 9.24. The summed E-state index contributed by atoms with van der Waals surface area (Å²) in [6, 6.07) is 82.4. The van der Waals surface area contributed by atoms with Crippen molar-refractivity contribution < 1.29 is 0 Å². The second kappa shape index (κ2) is 13.6. The summed E-state index contributed by atoms with van der Waals surface area (Å²) in [6.07, 6.45) is 0. The lowest BCUT2D eigenvalue weighted by atomic mass is 9.68. The monoisotopic (exact) mass is 743 g/mol. The lowest BCUT2D eigenvalue weighted by Gasteiger charge is -2.34. The van der Waals surface area contributed by atoms with Crippen LogP contribution in [0.25, 0.3) is 53.6 Å². The van der Waals surface area contributed by atoms with E-state index in [1.165, 1.54) is 75.8 Å². The first-order valence-electron chi connectivity index (χ1n) is 19.6. The van der Waals surface area contributed by atoms with Crippen molar-refractivity contribution in [1.82, 2.24) is 0 Å². The highest BCUT2D eigenvalue weighted by atomic mass is 32.1. The van der Waals surface area contributed by atoms with Crippen molar-refractivity contribution in [1.29, 1.82) is 0 Å². The molecule has 10 aromatic rings. The Morgan fingerprint density at radius 3 is 1.65 bits per heavy atom. The molecule has 1 aliphatic rings. The van der Waals surface area contributed by atoms with Crippen LogP contribution in [0.3, 0.4) is 0 Å². The van der Waals surface area contributed by atoms with E-state index in [0.717, 1.165) is 17.1 Å². The van der Waals surface area contributed by atoms with Gasteiger partial charge in [-0.15, -0.1) is 11.3 Å². The Hall–Kier alpha value is -7.00. The zero-order valence-electron chi connectivity index (χ0n) is 31.2. The molecule has 0 saturated heterocycles. The number of anilines is 3. The molecule has 0 saturated carbocycles. The van der Waals surface area contributed by atoms with Crippen LogP contribution in [0.5, 0.6) is 0 Å². The maximum absolute atomic E-state index is 2.43. The van der Waals surface area contributed by atoms with E-state index in [-0.39, 0.29) is 0 Å². The van der Waals surface area contributed by atoms with Crippen molar-refractivity contribution in [3.05, 3.63) is 247 Å². The van der Waals surface area contributed by atoms with Gasteiger partial charge in [0, 0.05) is 37.2 Å². The molecule has 0 fully saturated rings. The topological polar surface area (TPSA) is 3.24 Å². The highest BCUT2D eigenvalue weighted by Gasteiger charge is 2.46. The molecule has 57 heavy (non-hydrogen) atoms. The molecule has 1 aliphatic carbocycles. The van der Waals surface area contributed by atoms with E-state index in [2.05, 4.69) is 229 Å². The Labute approximate surface area is 337 Å². The fourth-order valence-corrected chi connectivity index (χ4v) is 10.5. The van der Waals surface area contributed by atoms with Crippen LogP contribution in [-0.4, -0.2) is 0 Å². The van der Waals surface area contributed by atoms with Gasteiger partial charge in [-0.05, 0) is 98.1 Å². The molecule has 0 amide bonds. The van der Waals surface area contributed by atoms with Crippen LogP contribution in [-0.2, 0) is 5.41 Å². The summed E-state index contributed by atoms with van der Waals surface area (Å²) < 4.78 is 2.64. The highest BCUT2D eigenvalue weighted by molar-refractivity contribution is 7.26. The minimum Gasteiger partial charge on any atom is -0.310 e. The molecule has 0 atom stereocenters. The molecule has 0 N–H and O–H groups in total. The summed E-state index contributed by atoms with van der Waals surface area (Å²) >= 11 is 1.88. The van der Waals surface area contributed by atoms with Crippen LogP contribution in [0.2, 0.25) is 0 Å². The van der Waals surface area contributed by atoms with Gasteiger partial charge in [0.25, 0.3) is 0 Å². The van der Waals surface area contributed by atoms with Crippen LogP contribution >= 0.6 is 11.3 Å². The Balaban J connectivity index is 1.12. The second-order valence-electron chi connectivity index (χ2n) is 14.8. The van der Waals surface area contributed by atoms with Crippen molar-refractivity contribution in [2.45, 2.75) is 5.41 Å². The summed E-state index contributed by atoms with van der Waals surface area (Å²) in [4.78, 5) is 2.43. The molecular formula is C55H37NS. The van der Waals surface area contributed by atoms with Gasteiger partial charge in [0.05, 0.1) is 5.41 Å². The first-order valence-corrected chi connectivity index (χ1v) is 20.4. The van der Waals surface area contributed by atoms with E-state index in [1.807, 2.05) is 11.3 Å². The number of thiophene rings is 1. The zero-order valence-corrected chi connectivity index (χ0v) is 32.0. The molecule has 0 unspecified atom stereocenters. The molecule has 11 rings (SSSR count). The number of rotatable bonds is 7. The standard InChI is InChI=1S/C55H37NS/c1-4-16-38(17-5-1)39-30-32-43(33-31-39)56(44-23-14-18-40(36-44)46-26-15-27-49-48-25-11-13-29-53(48)57-54(46)49)45-34-35-52-50(37-45)47-24-10-12-28-51(47)55(52,41-19-6-2-7-20-41)42-21-8-3-9-22-42/h1-37H. The Kier molecular flexibility index (Phi) is 7.98. The molecule has 0 spiro atoms. The zero-order chi connectivity index (χ0) is 37.8. The van der Waals surface area contributed by atoms with Gasteiger partial charge in [-0.1, -0.05) is 182 Å². The maximum atomic E-state index is 2.43. The highest BCUT2D eigenvalue weighted by Crippen LogP contribution is 2.57. The summed E-state index contributed by atoms with van der Waals surface area (Å²) in [6.45, 7) is 0. The summed E-state index contributed by atoms with van der Waals surface area (Å²) in [5, 5.41) is 2.63. The van der Waals surface area contributed by atoms with Gasteiger partial charge in [0.2, 0.25) is 0 Å². The Morgan fingerprint density at radius 1 is 0.333 bits per heavy atom. The number of benzene rings is 9. The molecule has 9 aromatic carbocycles. The van der Waals surface area contributed by atoms with Crippen LogP contribution in [0.15, 0.2) is 224 Å². The van der Waals surface area contributed by atoms with Gasteiger partial charge in [-0.25, -0.2) is 0 Å². The predicted molar refractivity (Wildman–Crippen MR) is 242 cm³/mol. The van der Waals surface area contributed by atoms with Crippen molar-refractivity contribution in [2.75, 3.05) is 4.90 Å². The van der Waals surface area contributed by atoms with Crippen molar-refractivity contribution >= 4 is 48.6 Å². The normalized spacial score (nSPS) is 12.7. The quantitative estimate of drug-likeness (QED) is 0.157. The molecule has 1 aromatic heterocycles. The van der Waals surface area contributed by atoms with E-state index in [9.17, 15) is 0 Å². The average Bonchev–Trinajstić information content (AvgIpc) is 3.82. The third kappa shape index (κ3) is 5.37. The maximum Gasteiger partial charge on any atom is 0.0713 e. The number of hydrogen-bond donors (Lipinski definition) is 0. The van der Waals surface area contributed by atoms with Crippen LogP contribution < -0.4 is 4.90 Å². The van der Waals surface area contributed by atoms with Gasteiger partial charge >= 0.3 is 0 Å². The molecule has 0 bridgehead atoms. The summed E-state index contributed by atoms with van der Waals surface area (Å²) in [5.74, 6) is 0. The largest absolute Gasteiger partial charge is 0.310 e. The van der Waals surface area contributed by atoms with E-state index < -0.39 is 5.41 Å². The SMILES string of the molecule is c1ccc(-c2ccc(N(c3cccc(-c4cccc5c4sc4ccccc45)c3)c3ccc4c(c3)-c3ccccc3C4(c3ccccc3)c3ccccc3)cc2)cc1. The molecule has 1 heterocycles. The van der Waals surface area contributed by atoms with Crippen molar-refractivity contribution in [2.24, 2.45) is 0 Å². The number of hydrogen-bond acceptors (Lipinski definition) is 2. The first-order chi connectivity index (χ1) is 28.3. The van der Waals surface area contributed by atoms with E-state index >= 15 is 0 Å². The van der Waals surface area contributed by atoms with E-state index in [4.69, 9.17) is 0 Å². The first kappa shape index (κ1) is 33.3. The fraction of sp³-hybridized carbons (Fsp3) is 0.0182. The lowest BCUT2D eigenvalue weighted by molar-refractivity contribution is 0.768. The second-order valence-corrected chi connectivity index (χ2v) is 15.9. The van der Waals surface area contributed by atoms with Gasteiger partial charge < -0.3 is 4.90 Å². The van der Waals surface area contributed by atoms with E-state index in [0.29, 0.717) is 0 Å². The minimum atomic E-state index is -0.446. The summed E-state index contributed by atoms with van der Waals surface area (Å²) in [7, 11) is 0. The minimum absolute atomic E-state index is 0.446. The lowest BCUT2D eigenvalue weighted by Crippen LogP contribution is -2.28. The van der Waals surface area contributed by atoms with Crippen LogP contribution in [0.4, 0.5) is 17.1 Å². The van der Waals surface area contributed by atoms with Gasteiger partial charge in [-0.2, -0.15) is 0 Å². The summed E-state index contributed by atoms with van der Waals surface area (Å²) in [5.41, 5.74) is 15.4.